The Morgan fingerprint density at radius 1 is 1.85 bits per heavy atom. The Kier molecular flexibility index (Phi) is 2.67. The molecule has 1 atom stereocenters. The molecule has 0 spiro atoms. The molecule has 1 unspecified atom stereocenters. The van der Waals surface area contributed by atoms with Crippen molar-refractivity contribution in [2.45, 2.75) is 25.8 Å². The van der Waals surface area contributed by atoms with Gasteiger partial charge in [0.15, 0.2) is 0 Å². The number of anilines is 1. The molecule has 0 saturated heterocycles. The van der Waals surface area contributed by atoms with Crippen LogP contribution in [0.1, 0.15) is 20.3 Å². The van der Waals surface area contributed by atoms with Crippen molar-refractivity contribution in [3.05, 3.63) is 12.3 Å². The second kappa shape index (κ2) is 3.57. The number of hydrogen-bond donors (Lipinski definition) is 3. The van der Waals surface area contributed by atoms with Crippen molar-refractivity contribution in [3.8, 4) is 0 Å². The summed E-state index contributed by atoms with van der Waals surface area (Å²) < 4.78 is 0. The second-order valence-corrected chi connectivity index (χ2v) is 3.20. The van der Waals surface area contributed by atoms with Crippen molar-refractivity contribution in [1.82, 2.24) is 10.2 Å². The number of nitrogens with one attached hydrogen (secondary N) is 2. The fourth-order valence-corrected chi connectivity index (χ4v) is 0.751. The van der Waals surface area contributed by atoms with Gasteiger partial charge in [-0.1, -0.05) is 6.92 Å². The number of carbonyl (C=O) groups is 1. The molecule has 0 aromatic carbocycles. The summed E-state index contributed by atoms with van der Waals surface area (Å²) in [6.07, 6.45) is 2.16. The Bertz CT molecular complexity index is 278. The Morgan fingerprint density at radius 3 is 3.00 bits per heavy atom. The van der Waals surface area contributed by atoms with Crippen molar-refractivity contribution in [2.24, 2.45) is 5.73 Å². The van der Waals surface area contributed by atoms with E-state index in [9.17, 15) is 4.79 Å². The van der Waals surface area contributed by atoms with Crippen LogP contribution in [-0.4, -0.2) is 21.6 Å². The smallest absolute Gasteiger partial charge is 0.245 e. The number of H-pyrrole nitrogens is 1. The first-order chi connectivity index (χ1) is 6.06. The fraction of sp³-hybridized carbons (Fsp3) is 0.500. The quantitative estimate of drug-likeness (QED) is 0.635. The van der Waals surface area contributed by atoms with Crippen LogP contribution < -0.4 is 11.1 Å². The molecule has 0 fully saturated rings. The number of aromatic nitrogens is 2. The predicted octanol–water partition coefficient (Wildman–Crippen LogP) is 0.476. The lowest BCUT2D eigenvalue weighted by Gasteiger charge is -2.20. The summed E-state index contributed by atoms with van der Waals surface area (Å²) in [5, 5.41) is 8.96. The standard InChI is InChI=1S/C8H14N4O/c1-3-8(2,9)7(13)11-6-4-5-10-12-6/h4-5H,3,9H2,1-2H3,(H2,10,11,12,13). The van der Waals surface area contributed by atoms with Crippen LogP contribution in [0.4, 0.5) is 5.82 Å². The Balaban J connectivity index is 2.61. The van der Waals surface area contributed by atoms with Crippen molar-refractivity contribution in [3.63, 3.8) is 0 Å². The summed E-state index contributed by atoms with van der Waals surface area (Å²) in [4.78, 5) is 11.5. The molecule has 13 heavy (non-hydrogen) atoms. The normalized spacial score (nSPS) is 15.0. The van der Waals surface area contributed by atoms with Crippen molar-refractivity contribution >= 4 is 11.7 Å². The Labute approximate surface area is 76.7 Å². The van der Waals surface area contributed by atoms with Crippen LogP contribution in [-0.2, 0) is 4.79 Å². The molecule has 1 heterocycles. The summed E-state index contributed by atoms with van der Waals surface area (Å²) in [5.41, 5.74) is 4.90. The Morgan fingerprint density at radius 2 is 2.54 bits per heavy atom. The van der Waals surface area contributed by atoms with E-state index in [0.29, 0.717) is 12.2 Å². The van der Waals surface area contributed by atoms with Crippen LogP contribution in [0.15, 0.2) is 12.3 Å². The van der Waals surface area contributed by atoms with E-state index in [1.165, 1.54) is 0 Å². The van der Waals surface area contributed by atoms with Gasteiger partial charge in [-0.2, -0.15) is 5.10 Å². The molecule has 0 radical (unpaired) electrons. The number of hydrogen-bond acceptors (Lipinski definition) is 3. The van der Waals surface area contributed by atoms with E-state index < -0.39 is 5.54 Å². The van der Waals surface area contributed by atoms with Gasteiger partial charge >= 0.3 is 0 Å². The van der Waals surface area contributed by atoms with Gasteiger partial charge in [0.2, 0.25) is 5.91 Å². The predicted molar refractivity (Wildman–Crippen MR) is 50.1 cm³/mol. The molecule has 0 aliphatic heterocycles. The summed E-state index contributed by atoms with van der Waals surface area (Å²) in [7, 11) is 0. The Hall–Kier alpha value is -1.36. The third-order valence-electron chi connectivity index (χ3n) is 2.00. The number of aromatic amines is 1. The summed E-state index contributed by atoms with van der Waals surface area (Å²) >= 11 is 0. The molecule has 0 saturated carbocycles. The number of carbonyl (C=O) groups excluding carboxylic acids is 1. The van der Waals surface area contributed by atoms with Gasteiger partial charge < -0.3 is 11.1 Å². The molecule has 72 valence electrons. The van der Waals surface area contributed by atoms with Gasteiger partial charge in [0.25, 0.3) is 0 Å². The van der Waals surface area contributed by atoms with E-state index in [1.807, 2.05) is 6.92 Å². The zero-order valence-corrected chi connectivity index (χ0v) is 7.79. The molecular weight excluding hydrogens is 168 g/mol. The number of rotatable bonds is 3. The minimum atomic E-state index is -0.828. The van der Waals surface area contributed by atoms with Gasteiger partial charge in [0.1, 0.15) is 5.82 Å². The fourth-order valence-electron chi connectivity index (χ4n) is 0.751. The first-order valence-electron chi connectivity index (χ1n) is 4.16. The van der Waals surface area contributed by atoms with Crippen LogP contribution >= 0.6 is 0 Å². The maximum Gasteiger partial charge on any atom is 0.245 e. The van der Waals surface area contributed by atoms with E-state index in [0.717, 1.165) is 0 Å². The van der Waals surface area contributed by atoms with Crippen LogP contribution in [0.2, 0.25) is 0 Å². The van der Waals surface area contributed by atoms with Gasteiger partial charge in [-0.3, -0.25) is 9.89 Å². The van der Waals surface area contributed by atoms with Crippen molar-refractivity contribution in [2.75, 3.05) is 5.32 Å². The maximum atomic E-state index is 11.5. The first-order valence-corrected chi connectivity index (χ1v) is 4.16. The first kappa shape index (κ1) is 9.73. The molecule has 5 heteroatoms. The highest BCUT2D eigenvalue weighted by molar-refractivity contribution is 5.96. The zero-order chi connectivity index (χ0) is 9.90. The molecule has 1 aromatic heterocycles. The van der Waals surface area contributed by atoms with E-state index in [2.05, 4.69) is 15.5 Å². The summed E-state index contributed by atoms with van der Waals surface area (Å²) in [5.74, 6) is 0.356. The molecule has 1 aromatic rings. The van der Waals surface area contributed by atoms with Crippen LogP contribution in [0.5, 0.6) is 0 Å². The van der Waals surface area contributed by atoms with Gasteiger partial charge in [-0.15, -0.1) is 0 Å². The number of amides is 1. The summed E-state index contributed by atoms with van der Waals surface area (Å²) in [6.45, 7) is 3.56. The minimum Gasteiger partial charge on any atom is -0.318 e. The highest BCUT2D eigenvalue weighted by atomic mass is 16.2. The molecule has 5 nitrogen and oxygen atoms in total. The van der Waals surface area contributed by atoms with Gasteiger partial charge in [-0.05, 0) is 13.3 Å². The highest BCUT2D eigenvalue weighted by Gasteiger charge is 2.25. The van der Waals surface area contributed by atoms with Crippen molar-refractivity contribution in [1.29, 1.82) is 0 Å². The monoisotopic (exact) mass is 182 g/mol. The van der Waals surface area contributed by atoms with Crippen LogP contribution in [0.3, 0.4) is 0 Å². The van der Waals surface area contributed by atoms with E-state index in [-0.39, 0.29) is 5.91 Å². The third kappa shape index (κ3) is 2.29. The lowest BCUT2D eigenvalue weighted by atomic mass is 10.00. The molecule has 4 N–H and O–H groups in total. The van der Waals surface area contributed by atoms with Crippen LogP contribution in [0.25, 0.3) is 0 Å². The van der Waals surface area contributed by atoms with E-state index >= 15 is 0 Å². The number of nitrogens with zero attached hydrogens (tertiary/aromatic N) is 1. The third-order valence-corrected chi connectivity index (χ3v) is 2.00. The summed E-state index contributed by atoms with van der Waals surface area (Å²) in [6, 6.07) is 1.67. The van der Waals surface area contributed by atoms with Crippen LogP contribution in [0, 0.1) is 0 Å². The molecular formula is C8H14N4O. The molecule has 1 rings (SSSR count). The zero-order valence-electron chi connectivity index (χ0n) is 7.79. The lowest BCUT2D eigenvalue weighted by molar-refractivity contribution is -0.120. The van der Waals surface area contributed by atoms with Gasteiger partial charge in [0.05, 0.1) is 11.7 Å². The van der Waals surface area contributed by atoms with Gasteiger partial charge in [0, 0.05) is 6.07 Å². The second-order valence-electron chi connectivity index (χ2n) is 3.20. The van der Waals surface area contributed by atoms with Gasteiger partial charge in [-0.25, -0.2) is 0 Å². The van der Waals surface area contributed by atoms with E-state index in [4.69, 9.17) is 5.73 Å². The molecule has 0 aliphatic rings. The lowest BCUT2D eigenvalue weighted by Crippen LogP contribution is -2.47. The topological polar surface area (TPSA) is 83.8 Å². The largest absolute Gasteiger partial charge is 0.318 e. The SMILES string of the molecule is CCC(C)(N)C(=O)Nc1ccn[nH]1. The number of nitrogens with two attached hydrogens (primary N) is 1. The van der Waals surface area contributed by atoms with E-state index in [1.54, 1.807) is 19.2 Å². The maximum absolute atomic E-state index is 11.5. The average molecular weight is 182 g/mol. The van der Waals surface area contributed by atoms with Crippen molar-refractivity contribution < 1.29 is 4.79 Å². The highest BCUT2D eigenvalue weighted by Crippen LogP contribution is 2.08. The average Bonchev–Trinajstić information content (AvgIpc) is 2.57. The molecule has 1 amide bonds. The molecule has 0 bridgehead atoms. The minimum absolute atomic E-state index is 0.209. The molecule has 0 aliphatic carbocycles.